The van der Waals surface area contributed by atoms with Gasteiger partial charge in [-0.1, -0.05) is 11.6 Å². The summed E-state index contributed by atoms with van der Waals surface area (Å²) in [4.78, 5) is 18.9. The van der Waals surface area contributed by atoms with Crippen molar-refractivity contribution in [3.8, 4) is 0 Å². The van der Waals surface area contributed by atoms with Gasteiger partial charge >= 0.3 is 5.97 Å². The molecule has 1 aromatic heterocycles. The molecule has 1 atom stereocenters. The van der Waals surface area contributed by atoms with E-state index in [-0.39, 0.29) is 11.9 Å². The Morgan fingerprint density at radius 2 is 2.17 bits per heavy atom. The average molecular weight is 347 g/mol. The first-order chi connectivity index (χ1) is 11.4. The monoisotopic (exact) mass is 346 g/mol. The van der Waals surface area contributed by atoms with Crippen molar-refractivity contribution in [3.63, 3.8) is 0 Å². The summed E-state index contributed by atoms with van der Waals surface area (Å²) in [5, 5.41) is 1.77. The second-order valence-electron chi connectivity index (χ2n) is 6.99. The lowest BCUT2D eigenvalue weighted by Gasteiger charge is -2.41. The fraction of sp³-hybridized carbons (Fsp3) is 0.474. The van der Waals surface area contributed by atoms with E-state index in [0.29, 0.717) is 5.02 Å². The van der Waals surface area contributed by atoms with Gasteiger partial charge in [-0.3, -0.25) is 9.78 Å². The van der Waals surface area contributed by atoms with Gasteiger partial charge in [-0.2, -0.15) is 0 Å². The highest BCUT2D eigenvalue weighted by molar-refractivity contribution is 6.31. The summed E-state index contributed by atoms with van der Waals surface area (Å²) in [6, 6.07) is 7.81. The standard InChI is InChI=1S/C19H23ClN2O2/c1-19(2,18(23)24-3)13-5-4-10-22(12-13)17-8-9-21-16-7-6-14(20)11-15(16)17/h6-9,11,13H,4-5,10,12H2,1-3H3. The minimum absolute atomic E-state index is 0.142. The third-order valence-corrected chi connectivity index (χ3v) is 5.41. The molecule has 128 valence electrons. The van der Waals surface area contributed by atoms with E-state index in [1.54, 1.807) is 0 Å². The van der Waals surface area contributed by atoms with E-state index < -0.39 is 5.41 Å². The number of carbonyl (C=O) groups is 1. The number of anilines is 1. The third-order valence-electron chi connectivity index (χ3n) is 5.17. The van der Waals surface area contributed by atoms with Gasteiger partial charge in [0.2, 0.25) is 0 Å². The number of esters is 1. The highest BCUT2D eigenvalue weighted by Gasteiger charge is 2.40. The predicted octanol–water partition coefficient (Wildman–Crippen LogP) is 4.30. The summed E-state index contributed by atoms with van der Waals surface area (Å²) in [5.74, 6) is 0.109. The van der Waals surface area contributed by atoms with Crippen molar-refractivity contribution in [3.05, 3.63) is 35.5 Å². The van der Waals surface area contributed by atoms with Crippen LogP contribution in [0.4, 0.5) is 5.69 Å². The van der Waals surface area contributed by atoms with Crippen molar-refractivity contribution in [1.82, 2.24) is 4.98 Å². The van der Waals surface area contributed by atoms with Crippen molar-refractivity contribution in [2.24, 2.45) is 11.3 Å². The van der Waals surface area contributed by atoms with Gasteiger partial charge in [0.05, 0.1) is 18.0 Å². The highest BCUT2D eigenvalue weighted by atomic mass is 35.5. The van der Waals surface area contributed by atoms with Crippen molar-refractivity contribution in [2.75, 3.05) is 25.1 Å². The number of methoxy groups -OCH3 is 1. The Balaban J connectivity index is 1.93. The number of carbonyl (C=O) groups excluding carboxylic acids is 1. The minimum atomic E-state index is -0.492. The van der Waals surface area contributed by atoms with Crippen LogP contribution in [0.1, 0.15) is 26.7 Å². The normalized spacial score (nSPS) is 18.7. The Morgan fingerprint density at radius 3 is 2.92 bits per heavy atom. The molecule has 1 aliphatic rings. The molecule has 5 heteroatoms. The van der Waals surface area contributed by atoms with Crippen LogP contribution in [0.2, 0.25) is 5.02 Å². The van der Waals surface area contributed by atoms with Gasteiger partial charge in [0.1, 0.15) is 0 Å². The summed E-state index contributed by atoms with van der Waals surface area (Å²) in [6.45, 7) is 5.76. The van der Waals surface area contributed by atoms with Crippen LogP contribution in [-0.2, 0) is 9.53 Å². The van der Waals surface area contributed by atoms with Crippen molar-refractivity contribution in [2.45, 2.75) is 26.7 Å². The molecule has 1 unspecified atom stereocenters. The molecular formula is C19H23ClN2O2. The van der Waals surface area contributed by atoms with Gasteiger partial charge in [0.25, 0.3) is 0 Å². The smallest absolute Gasteiger partial charge is 0.311 e. The topological polar surface area (TPSA) is 42.4 Å². The molecule has 4 nitrogen and oxygen atoms in total. The summed E-state index contributed by atoms with van der Waals surface area (Å²) in [6.07, 6.45) is 3.92. The van der Waals surface area contributed by atoms with E-state index in [0.717, 1.165) is 42.5 Å². The fourth-order valence-electron chi connectivity index (χ4n) is 3.59. The average Bonchev–Trinajstić information content (AvgIpc) is 2.60. The minimum Gasteiger partial charge on any atom is -0.469 e. The van der Waals surface area contributed by atoms with Gasteiger partial charge in [-0.15, -0.1) is 0 Å². The van der Waals surface area contributed by atoms with E-state index in [4.69, 9.17) is 16.3 Å². The van der Waals surface area contributed by atoms with Gasteiger partial charge in [-0.05, 0) is 56.9 Å². The van der Waals surface area contributed by atoms with Crippen LogP contribution in [0.25, 0.3) is 10.9 Å². The Morgan fingerprint density at radius 1 is 1.38 bits per heavy atom. The molecule has 0 aliphatic carbocycles. The molecule has 0 spiro atoms. The second-order valence-corrected chi connectivity index (χ2v) is 7.43. The molecule has 0 saturated carbocycles. The zero-order valence-corrected chi connectivity index (χ0v) is 15.1. The van der Waals surface area contributed by atoms with Gasteiger partial charge in [-0.25, -0.2) is 0 Å². The van der Waals surface area contributed by atoms with Crippen LogP contribution in [-0.4, -0.2) is 31.2 Å². The maximum absolute atomic E-state index is 12.2. The van der Waals surface area contributed by atoms with E-state index >= 15 is 0 Å². The van der Waals surface area contributed by atoms with Crippen molar-refractivity contribution >= 4 is 34.2 Å². The molecule has 1 fully saturated rings. The number of hydrogen-bond acceptors (Lipinski definition) is 4. The van der Waals surface area contributed by atoms with Crippen LogP contribution >= 0.6 is 11.6 Å². The van der Waals surface area contributed by atoms with E-state index in [2.05, 4.69) is 9.88 Å². The summed E-state index contributed by atoms with van der Waals surface area (Å²) in [7, 11) is 1.46. The summed E-state index contributed by atoms with van der Waals surface area (Å²) < 4.78 is 5.01. The summed E-state index contributed by atoms with van der Waals surface area (Å²) in [5.41, 5.74) is 1.58. The number of hydrogen-bond donors (Lipinski definition) is 0. The molecule has 24 heavy (non-hydrogen) atoms. The van der Waals surface area contributed by atoms with Crippen molar-refractivity contribution in [1.29, 1.82) is 0 Å². The number of ether oxygens (including phenoxy) is 1. The predicted molar refractivity (Wildman–Crippen MR) is 97.5 cm³/mol. The first-order valence-electron chi connectivity index (χ1n) is 8.31. The molecule has 0 amide bonds. The Labute approximate surface area is 147 Å². The first kappa shape index (κ1) is 17.0. The van der Waals surface area contributed by atoms with Crippen LogP contribution in [0.3, 0.4) is 0 Å². The van der Waals surface area contributed by atoms with Crippen LogP contribution in [0.5, 0.6) is 0 Å². The molecule has 2 heterocycles. The van der Waals surface area contributed by atoms with E-state index in [1.807, 2.05) is 44.3 Å². The Kier molecular flexibility index (Phi) is 4.68. The van der Waals surface area contributed by atoms with Gasteiger partial charge in [0, 0.05) is 35.4 Å². The molecule has 0 bridgehead atoms. The molecule has 1 saturated heterocycles. The maximum Gasteiger partial charge on any atom is 0.311 e. The third kappa shape index (κ3) is 3.07. The molecule has 0 N–H and O–H groups in total. The number of rotatable bonds is 3. The maximum atomic E-state index is 12.2. The number of piperidine rings is 1. The molecule has 1 aromatic carbocycles. The lowest BCUT2D eigenvalue weighted by Crippen LogP contribution is -2.45. The van der Waals surface area contributed by atoms with E-state index in [9.17, 15) is 4.79 Å². The number of pyridine rings is 1. The zero-order valence-electron chi connectivity index (χ0n) is 14.4. The number of benzene rings is 1. The van der Waals surface area contributed by atoms with Crippen LogP contribution in [0, 0.1) is 11.3 Å². The Hall–Kier alpha value is -1.81. The number of nitrogens with zero attached hydrogens (tertiary/aromatic N) is 2. The number of fused-ring (bicyclic) bond motifs is 1. The van der Waals surface area contributed by atoms with Crippen LogP contribution < -0.4 is 4.90 Å². The zero-order chi connectivity index (χ0) is 17.3. The molecule has 0 radical (unpaired) electrons. The van der Waals surface area contributed by atoms with Gasteiger partial charge < -0.3 is 9.64 Å². The van der Waals surface area contributed by atoms with Crippen LogP contribution in [0.15, 0.2) is 30.5 Å². The first-order valence-corrected chi connectivity index (χ1v) is 8.69. The largest absolute Gasteiger partial charge is 0.469 e. The number of halogens is 1. The second kappa shape index (κ2) is 6.60. The van der Waals surface area contributed by atoms with E-state index in [1.165, 1.54) is 7.11 Å². The van der Waals surface area contributed by atoms with Gasteiger partial charge in [0.15, 0.2) is 0 Å². The van der Waals surface area contributed by atoms with Crippen molar-refractivity contribution < 1.29 is 9.53 Å². The number of aromatic nitrogens is 1. The Bertz CT molecular complexity index is 760. The SMILES string of the molecule is COC(=O)C(C)(C)C1CCCN(c2ccnc3ccc(Cl)cc23)C1. The fourth-order valence-corrected chi connectivity index (χ4v) is 3.77. The molecular weight excluding hydrogens is 324 g/mol. The molecule has 1 aliphatic heterocycles. The lowest BCUT2D eigenvalue weighted by molar-refractivity contribution is -0.154. The quantitative estimate of drug-likeness (QED) is 0.777. The lowest BCUT2D eigenvalue weighted by atomic mass is 9.74. The molecule has 2 aromatic rings. The summed E-state index contributed by atoms with van der Waals surface area (Å²) >= 11 is 6.18. The molecule has 3 rings (SSSR count). The highest BCUT2D eigenvalue weighted by Crippen LogP contribution is 2.38.